The van der Waals surface area contributed by atoms with Crippen molar-refractivity contribution < 1.29 is 31.5 Å². The number of aromatic nitrogens is 2. The maximum absolute atomic E-state index is 15.3. The van der Waals surface area contributed by atoms with Gasteiger partial charge in [-0.05, 0) is 43.5 Å². The summed E-state index contributed by atoms with van der Waals surface area (Å²) in [6, 6.07) is 8.70. The quantitative estimate of drug-likeness (QED) is 0.456. The van der Waals surface area contributed by atoms with Crippen molar-refractivity contribution >= 4 is 5.91 Å². The lowest BCUT2D eigenvalue weighted by molar-refractivity contribution is -0.137. The summed E-state index contributed by atoms with van der Waals surface area (Å²) in [7, 11) is 0. The first-order chi connectivity index (χ1) is 17.0. The highest BCUT2D eigenvalue weighted by Gasteiger charge is 2.37. The number of alkyl halides is 3. The van der Waals surface area contributed by atoms with E-state index >= 15 is 4.39 Å². The van der Waals surface area contributed by atoms with Crippen molar-refractivity contribution in [1.29, 1.82) is 0 Å². The summed E-state index contributed by atoms with van der Waals surface area (Å²) in [4.78, 5) is 30.2. The van der Waals surface area contributed by atoms with Crippen molar-refractivity contribution in [3.05, 3.63) is 86.8 Å². The second-order valence-corrected chi connectivity index (χ2v) is 8.64. The van der Waals surface area contributed by atoms with Crippen molar-refractivity contribution in [1.82, 2.24) is 15.3 Å². The van der Waals surface area contributed by atoms with Crippen molar-refractivity contribution in [2.24, 2.45) is 5.92 Å². The summed E-state index contributed by atoms with van der Waals surface area (Å²) in [5, 5.41) is 2.55. The number of nitrogens with one attached hydrogen (secondary N) is 2. The van der Waals surface area contributed by atoms with Crippen LogP contribution in [-0.2, 0) is 28.9 Å². The van der Waals surface area contributed by atoms with E-state index in [2.05, 4.69) is 15.3 Å². The number of ether oxygens (including phenoxy) is 1. The smallest absolute Gasteiger partial charge is 0.373 e. The molecule has 1 amide bonds. The van der Waals surface area contributed by atoms with Gasteiger partial charge in [0.1, 0.15) is 17.5 Å². The van der Waals surface area contributed by atoms with Gasteiger partial charge in [-0.25, -0.2) is 13.8 Å². The molecule has 4 rings (SSSR count). The lowest BCUT2D eigenvalue weighted by Crippen LogP contribution is -2.42. The van der Waals surface area contributed by atoms with Gasteiger partial charge in [-0.3, -0.25) is 9.59 Å². The van der Waals surface area contributed by atoms with Crippen LogP contribution in [0.15, 0.2) is 47.3 Å². The molecule has 1 heterocycles. The molecule has 11 heteroatoms. The van der Waals surface area contributed by atoms with Crippen LogP contribution in [0, 0.1) is 24.5 Å². The Morgan fingerprint density at radius 3 is 2.58 bits per heavy atom. The van der Waals surface area contributed by atoms with Crippen molar-refractivity contribution in [3.8, 4) is 11.4 Å². The van der Waals surface area contributed by atoms with Crippen molar-refractivity contribution in [2.75, 3.05) is 0 Å². The zero-order chi connectivity index (χ0) is 26.0. The molecule has 36 heavy (non-hydrogen) atoms. The molecule has 1 saturated carbocycles. The normalized spacial score (nSPS) is 17.5. The summed E-state index contributed by atoms with van der Waals surface area (Å²) in [6.45, 7) is 1.25. The van der Waals surface area contributed by atoms with E-state index in [4.69, 9.17) is 4.74 Å². The molecule has 190 valence electrons. The Kier molecular flexibility index (Phi) is 7.21. The minimum atomic E-state index is -4.90. The molecule has 0 atom stereocenters. The van der Waals surface area contributed by atoms with Gasteiger partial charge in [0.25, 0.3) is 5.56 Å². The van der Waals surface area contributed by atoms with Crippen LogP contribution in [0.25, 0.3) is 11.4 Å². The molecule has 0 aliphatic heterocycles. The lowest BCUT2D eigenvalue weighted by atomic mass is 9.81. The van der Waals surface area contributed by atoms with Gasteiger partial charge in [-0.2, -0.15) is 13.2 Å². The number of benzene rings is 2. The molecule has 0 saturated heterocycles. The second-order valence-electron chi connectivity index (χ2n) is 8.64. The molecule has 0 spiro atoms. The van der Waals surface area contributed by atoms with Gasteiger partial charge in [-0.1, -0.05) is 18.2 Å². The fraction of sp³-hybridized carbons (Fsp3) is 0.320. The Labute approximate surface area is 202 Å². The van der Waals surface area contributed by atoms with Crippen LogP contribution in [0.3, 0.4) is 0 Å². The summed E-state index contributed by atoms with van der Waals surface area (Å²) >= 11 is 0. The van der Waals surface area contributed by atoms with Gasteiger partial charge in [0.05, 0.1) is 23.8 Å². The molecule has 1 aliphatic rings. The van der Waals surface area contributed by atoms with E-state index in [0.717, 1.165) is 12.1 Å². The summed E-state index contributed by atoms with van der Waals surface area (Å²) in [5.41, 5.74) is -2.29. The summed E-state index contributed by atoms with van der Waals surface area (Å²) in [5.74, 6) is -2.93. The SMILES string of the molecule is Cc1cc(=O)[nH]c(-c2c(C(F)(F)F)ccc(CNC(=O)C3CC(OCc4cccc(F)c4)C3)c2F)n1. The molecule has 0 bridgehead atoms. The van der Waals surface area contributed by atoms with E-state index < -0.39 is 40.4 Å². The highest BCUT2D eigenvalue weighted by atomic mass is 19.4. The average Bonchev–Trinajstić information content (AvgIpc) is 2.75. The summed E-state index contributed by atoms with van der Waals surface area (Å²) in [6.07, 6.45) is -4.26. The third-order valence-corrected chi connectivity index (χ3v) is 5.93. The molecule has 2 N–H and O–H groups in total. The molecule has 0 unspecified atom stereocenters. The molecule has 1 aliphatic carbocycles. The maximum Gasteiger partial charge on any atom is 0.417 e. The summed E-state index contributed by atoms with van der Waals surface area (Å²) < 4.78 is 74.8. The molecular weight excluding hydrogens is 485 g/mol. The minimum Gasteiger partial charge on any atom is -0.373 e. The zero-order valence-electron chi connectivity index (χ0n) is 19.1. The number of halogens is 5. The number of hydrogen-bond donors (Lipinski definition) is 2. The van der Waals surface area contributed by atoms with Gasteiger partial charge in [0.15, 0.2) is 0 Å². The molecule has 1 aromatic heterocycles. The number of aryl methyl sites for hydroxylation is 1. The average molecular weight is 507 g/mol. The predicted molar refractivity (Wildman–Crippen MR) is 120 cm³/mol. The Hall–Kier alpha value is -3.60. The van der Waals surface area contributed by atoms with Gasteiger partial charge in [0, 0.05) is 29.8 Å². The van der Waals surface area contributed by atoms with E-state index in [1.54, 1.807) is 12.1 Å². The topological polar surface area (TPSA) is 84.1 Å². The number of rotatable bonds is 7. The molecule has 3 aromatic rings. The number of nitrogens with zero attached hydrogens (tertiary/aromatic N) is 1. The van der Waals surface area contributed by atoms with Crippen molar-refractivity contribution in [2.45, 2.75) is 45.2 Å². The molecule has 2 aromatic carbocycles. The van der Waals surface area contributed by atoms with Gasteiger partial charge in [0.2, 0.25) is 5.91 Å². The largest absolute Gasteiger partial charge is 0.417 e. The van der Waals surface area contributed by atoms with Crippen LogP contribution in [0.1, 0.15) is 35.2 Å². The van der Waals surface area contributed by atoms with Crippen molar-refractivity contribution in [3.63, 3.8) is 0 Å². The fourth-order valence-corrected chi connectivity index (χ4v) is 4.00. The lowest BCUT2D eigenvalue weighted by Gasteiger charge is -2.34. The van der Waals surface area contributed by atoms with Crippen LogP contribution in [0.4, 0.5) is 22.0 Å². The second kappa shape index (κ2) is 10.2. The van der Waals surface area contributed by atoms with Crippen LogP contribution < -0.4 is 10.9 Å². The number of carbonyl (C=O) groups is 1. The van der Waals surface area contributed by atoms with E-state index in [0.29, 0.717) is 24.5 Å². The highest BCUT2D eigenvalue weighted by Crippen LogP contribution is 2.38. The van der Waals surface area contributed by atoms with Crippen LogP contribution >= 0.6 is 0 Å². The first kappa shape index (κ1) is 25.5. The van der Waals surface area contributed by atoms with Crippen LogP contribution in [-0.4, -0.2) is 22.0 Å². The van der Waals surface area contributed by atoms with E-state index in [1.807, 2.05) is 0 Å². The Morgan fingerprint density at radius 2 is 1.92 bits per heavy atom. The molecule has 6 nitrogen and oxygen atoms in total. The first-order valence-electron chi connectivity index (χ1n) is 11.1. The van der Waals surface area contributed by atoms with Crippen LogP contribution in [0.5, 0.6) is 0 Å². The van der Waals surface area contributed by atoms with E-state index in [1.165, 1.54) is 19.1 Å². The van der Waals surface area contributed by atoms with Crippen LogP contribution in [0.2, 0.25) is 0 Å². The predicted octanol–water partition coefficient (Wildman–Crippen LogP) is 4.65. The molecule has 1 fully saturated rings. The van der Waals surface area contributed by atoms with Gasteiger partial charge >= 0.3 is 6.18 Å². The third kappa shape index (κ3) is 5.78. The molecular formula is C25H22F5N3O3. The Balaban J connectivity index is 1.41. The first-order valence-corrected chi connectivity index (χ1v) is 11.1. The minimum absolute atomic E-state index is 0.124. The van der Waals surface area contributed by atoms with E-state index in [9.17, 15) is 27.2 Å². The standard InChI is InChI=1S/C25H22F5N3O3/c1-13-7-20(34)33-23(32-13)21-19(25(28,29)30)6-5-15(22(21)27)11-31-24(35)16-9-18(10-16)36-12-14-3-2-4-17(26)8-14/h2-8,16,18H,9-12H2,1H3,(H,31,35)(H,32,33,34). The van der Waals surface area contributed by atoms with Gasteiger partial charge in [-0.15, -0.1) is 0 Å². The number of hydrogen-bond acceptors (Lipinski definition) is 4. The maximum atomic E-state index is 15.3. The monoisotopic (exact) mass is 507 g/mol. The molecule has 0 radical (unpaired) electrons. The third-order valence-electron chi connectivity index (χ3n) is 5.93. The fourth-order valence-electron chi connectivity index (χ4n) is 4.00. The Bertz CT molecular complexity index is 1330. The van der Waals surface area contributed by atoms with Gasteiger partial charge < -0.3 is 15.0 Å². The number of amides is 1. The number of carbonyl (C=O) groups excluding carboxylic acids is 1. The number of aromatic amines is 1. The zero-order valence-corrected chi connectivity index (χ0v) is 19.1. The Morgan fingerprint density at radius 1 is 1.17 bits per heavy atom. The highest BCUT2D eigenvalue weighted by molar-refractivity contribution is 5.79. The number of H-pyrrole nitrogens is 1. The van der Waals surface area contributed by atoms with E-state index in [-0.39, 0.29) is 42.2 Å².